The van der Waals surface area contributed by atoms with Crippen LogP contribution in [0.1, 0.15) is 0 Å². The molecule has 0 spiro atoms. The number of hydrogen-bond donors (Lipinski definition) is 0. The monoisotopic (exact) mass is 159 g/mol. The molecule has 0 aliphatic carbocycles. The van der Waals surface area contributed by atoms with Crippen LogP contribution in [0.3, 0.4) is 0 Å². The Hall–Kier alpha value is -0.280. The van der Waals surface area contributed by atoms with Crippen molar-refractivity contribution in [3.8, 4) is 0 Å². The molecule has 0 aromatic carbocycles. The summed E-state index contributed by atoms with van der Waals surface area (Å²) in [6.45, 7) is 4.04. The van der Waals surface area contributed by atoms with E-state index >= 15 is 0 Å². The van der Waals surface area contributed by atoms with Gasteiger partial charge in [-0.3, -0.25) is 4.79 Å². The zero-order chi connectivity index (χ0) is 7.98. The first-order valence-corrected chi connectivity index (χ1v) is 4.06. The molecule has 0 atom stereocenters. The second-order valence-corrected chi connectivity index (χ2v) is 3.29. The summed E-state index contributed by atoms with van der Waals surface area (Å²) in [5, 5.41) is 0.199. The molecule has 0 aromatic rings. The molecule has 0 amide bonds. The van der Waals surface area contributed by atoms with Crippen LogP contribution in [0, 0.1) is 0 Å². The molecule has 0 bridgehead atoms. The summed E-state index contributed by atoms with van der Waals surface area (Å²) in [7, 11) is 3.76. The number of rotatable bonds is 4. The van der Waals surface area contributed by atoms with Crippen LogP contribution in [0.15, 0.2) is 12.7 Å². The zero-order valence-corrected chi connectivity index (χ0v) is 7.28. The topological polar surface area (TPSA) is 20.3 Å². The third-order valence-corrected chi connectivity index (χ3v) is 1.66. The van der Waals surface area contributed by atoms with E-state index in [0.717, 1.165) is 0 Å². The normalized spacial score (nSPS) is 9.90. The minimum atomic E-state index is 0.199. The Morgan fingerprint density at radius 1 is 1.70 bits per heavy atom. The Morgan fingerprint density at radius 3 is 2.70 bits per heavy atom. The number of likely N-dealkylation sites (N-methyl/N-ethyl adjacent to an activating group) is 1. The number of hydrogen-bond acceptors (Lipinski definition) is 3. The first-order valence-electron chi connectivity index (χ1n) is 3.08. The van der Waals surface area contributed by atoms with Gasteiger partial charge in [0.25, 0.3) is 0 Å². The number of thioether (sulfide) groups is 1. The van der Waals surface area contributed by atoms with Gasteiger partial charge in [0, 0.05) is 5.75 Å². The smallest absolute Gasteiger partial charge is 0.203 e. The van der Waals surface area contributed by atoms with Crippen LogP contribution in [0.25, 0.3) is 0 Å². The Morgan fingerprint density at radius 2 is 2.30 bits per heavy atom. The maximum atomic E-state index is 10.9. The lowest BCUT2D eigenvalue weighted by Gasteiger charge is -2.05. The van der Waals surface area contributed by atoms with E-state index in [0.29, 0.717) is 12.3 Å². The van der Waals surface area contributed by atoms with Crippen LogP contribution < -0.4 is 0 Å². The van der Waals surface area contributed by atoms with Crippen molar-refractivity contribution in [2.24, 2.45) is 0 Å². The average Bonchev–Trinajstić information content (AvgIpc) is 1.82. The van der Waals surface area contributed by atoms with Gasteiger partial charge in [-0.25, -0.2) is 0 Å². The van der Waals surface area contributed by atoms with Gasteiger partial charge in [0.05, 0.1) is 6.54 Å². The fraction of sp³-hybridized carbons (Fsp3) is 0.571. The van der Waals surface area contributed by atoms with Gasteiger partial charge in [0.1, 0.15) is 0 Å². The molecule has 0 fully saturated rings. The van der Waals surface area contributed by atoms with E-state index in [1.54, 1.807) is 6.08 Å². The van der Waals surface area contributed by atoms with E-state index < -0.39 is 0 Å². The standard InChI is InChI=1S/C7H13NOS/c1-4-5-10-7(9)6-8(2)3/h4H,1,5-6H2,2-3H3. The highest BCUT2D eigenvalue weighted by Crippen LogP contribution is 2.01. The molecule has 0 heterocycles. The van der Waals surface area contributed by atoms with Crippen molar-refractivity contribution in [1.29, 1.82) is 0 Å². The van der Waals surface area contributed by atoms with E-state index in [2.05, 4.69) is 6.58 Å². The van der Waals surface area contributed by atoms with Crippen molar-refractivity contribution in [1.82, 2.24) is 4.90 Å². The molecule has 0 aliphatic rings. The predicted molar refractivity (Wildman–Crippen MR) is 46.2 cm³/mol. The number of carbonyl (C=O) groups is 1. The molecular formula is C7H13NOS. The summed E-state index contributed by atoms with van der Waals surface area (Å²) in [6.07, 6.45) is 1.73. The van der Waals surface area contributed by atoms with E-state index in [1.165, 1.54) is 11.8 Å². The van der Waals surface area contributed by atoms with Crippen molar-refractivity contribution < 1.29 is 4.79 Å². The lowest BCUT2D eigenvalue weighted by Crippen LogP contribution is -2.19. The van der Waals surface area contributed by atoms with Gasteiger partial charge in [0.2, 0.25) is 5.12 Å². The molecular weight excluding hydrogens is 146 g/mol. The van der Waals surface area contributed by atoms with Gasteiger partial charge in [-0.15, -0.1) is 6.58 Å². The minimum Gasteiger partial charge on any atom is -0.302 e. The minimum absolute atomic E-state index is 0.199. The van der Waals surface area contributed by atoms with Crippen LogP contribution >= 0.6 is 11.8 Å². The van der Waals surface area contributed by atoms with E-state index in [-0.39, 0.29) is 5.12 Å². The van der Waals surface area contributed by atoms with Crippen LogP contribution in [0.2, 0.25) is 0 Å². The average molecular weight is 159 g/mol. The molecule has 3 heteroatoms. The zero-order valence-electron chi connectivity index (χ0n) is 6.46. The van der Waals surface area contributed by atoms with Gasteiger partial charge in [-0.2, -0.15) is 0 Å². The molecule has 0 N–H and O–H groups in total. The predicted octanol–water partition coefficient (Wildman–Crippen LogP) is 0.994. The Labute approximate surface area is 66.3 Å². The summed E-state index contributed by atoms with van der Waals surface area (Å²) in [4.78, 5) is 12.7. The van der Waals surface area contributed by atoms with Crippen molar-refractivity contribution in [2.75, 3.05) is 26.4 Å². The van der Waals surface area contributed by atoms with Crippen LogP contribution in [-0.4, -0.2) is 36.4 Å². The second kappa shape index (κ2) is 5.50. The summed E-state index contributed by atoms with van der Waals surface area (Å²) < 4.78 is 0. The highest BCUT2D eigenvalue weighted by Gasteiger charge is 2.00. The van der Waals surface area contributed by atoms with Gasteiger partial charge >= 0.3 is 0 Å². The highest BCUT2D eigenvalue weighted by molar-refractivity contribution is 8.13. The first-order chi connectivity index (χ1) is 4.66. The molecule has 10 heavy (non-hydrogen) atoms. The van der Waals surface area contributed by atoms with E-state index in [9.17, 15) is 4.79 Å². The van der Waals surface area contributed by atoms with Crippen molar-refractivity contribution in [3.63, 3.8) is 0 Å². The van der Waals surface area contributed by atoms with Crippen molar-refractivity contribution in [2.45, 2.75) is 0 Å². The maximum Gasteiger partial charge on any atom is 0.203 e. The molecule has 0 saturated heterocycles. The van der Waals surface area contributed by atoms with Gasteiger partial charge in [-0.1, -0.05) is 17.8 Å². The third-order valence-electron chi connectivity index (χ3n) is 0.807. The molecule has 0 aliphatic heterocycles. The second-order valence-electron chi connectivity index (χ2n) is 2.21. The quantitative estimate of drug-likeness (QED) is 0.571. The lowest BCUT2D eigenvalue weighted by molar-refractivity contribution is -0.111. The first kappa shape index (κ1) is 9.72. The Balaban J connectivity index is 3.34. The fourth-order valence-corrected chi connectivity index (χ4v) is 1.11. The fourth-order valence-electron chi connectivity index (χ4n) is 0.456. The molecule has 0 aromatic heterocycles. The molecule has 58 valence electrons. The van der Waals surface area contributed by atoms with Crippen LogP contribution in [0.4, 0.5) is 0 Å². The van der Waals surface area contributed by atoms with Gasteiger partial charge in [0.15, 0.2) is 0 Å². The van der Waals surface area contributed by atoms with E-state index in [1.807, 2.05) is 19.0 Å². The summed E-state index contributed by atoms with van der Waals surface area (Å²) >= 11 is 1.31. The number of carbonyl (C=O) groups excluding carboxylic acids is 1. The van der Waals surface area contributed by atoms with Crippen molar-refractivity contribution in [3.05, 3.63) is 12.7 Å². The molecule has 0 rings (SSSR count). The summed E-state index contributed by atoms with van der Waals surface area (Å²) in [6, 6.07) is 0. The summed E-state index contributed by atoms with van der Waals surface area (Å²) in [5.41, 5.74) is 0. The molecule has 0 saturated carbocycles. The van der Waals surface area contributed by atoms with Crippen molar-refractivity contribution >= 4 is 16.9 Å². The van der Waals surface area contributed by atoms with Crippen LogP contribution in [0.5, 0.6) is 0 Å². The third kappa shape index (κ3) is 5.85. The van der Waals surface area contributed by atoms with E-state index in [4.69, 9.17) is 0 Å². The SMILES string of the molecule is C=CCSC(=O)CN(C)C. The largest absolute Gasteiger partial charge is 0.302 e. The molecule has 0 radical (unpaired) electrons. The number of nitrogens with zero attached hydrogens (tertiary/aromatic N) is 1. The van der Waals surface area contributed by atoms with Gasteiger partial charge < -0.3 is 4.90 Å². The molecule has 0 unspecified atom stereocenters. The van der Waals surface area contributed by atoms with Gasteiger partial charge in [-0.05, 0) is 14.1 Å². The molecule has 2 nitrogen and oxygen atoms in total. The highest BCUT2D eigenvalue weighted by atomic mass is 32.2. The maximum absolute atomic E-state index is 10.9. The summed E-state index contributed by atoms with van der Waals surface area (Å²) in [5.74, 6) is 0.715. The Bertz CT molecular complexity index is 123. The van der Waals surface area contributed by atoms with Crippen LogP contribution in [-0.2, 0) is 4.79 Å². The lowest BCUT2D eigenvalue weighted by atomic mass is 10.7. The Kier molecular flexibility index (Phi) is 5.35.